The van der Waals surface area contributed by atoms with Crippen molar-refractivity contribution in [2.24, 2.45) is 7.05 Å². The van der Waals surface area contributed by atoms with Gasteiger partial charge in [-0.2, -0.15) is 0 Å². The number of benzene rings is 2. The second-order valence-corrected chi connectivity index (χ2v) is 8.34. The quantitative estimate of drug-likeness (QED) is 0.473. The van der Waals surface area contributed by atoms with Gasteiger partial charge in [-0.15, -0.1) is 11.3 Å². The number of thiophene rings is 1. The second kappa shape index (κ2) is 8.63. The molecule has 0 saturated heterocycles. The highest BCUT2D eigenvalue weighted by Gasteiger charge is 2.23. The Bertz CT molecular complexity index is 1230. The summed E-state index contributed by atoms with van der Waals surface area (Å²) in [6.45, 7) is 2.95. The fourth-order valence-corrected chi connectivity index (χ4v) is 4.63. The molecule has 0 aliphatic carbocycles. The zero-order chi connectivity index (χ0) is 21.1. The molecule has 152 valence electrons. The van der Waals surface area contributed by atoms with Crippen molar-refractivity contribution in [1.29, 1.82) is 0 Å². The lowest BCUT2D eigenvalue weighted by Gasteiger charge is -2.23. The molecule has 5 nitrogen and oxygen atoms in total. The number of aryl methyl sites for hydroxylation is 2. The summed E-state index contributed by atoms with van der Waals surface area (Å²) in [5.41, 5.74) is 2.86. The first-order valence-corrected chi connectivity index (χ1v) is 10.7. The van der Waals surface area contributed by atoms with E-state index in [2.05, 4.69) is 17.1 Å². The molecule has 0 spiro atoms. The summed E-state index contributed by atoms with van der Waals surface area (Å²) in [6, 6.07) is 20.1. The molecule has 6 heteroatoms. The highest BCUT2D eigenvalue weighted by atomic mass is 32.1. The van der Waals surface area contributed by atoms with Crippen LogP contribution in [-0.4, -0.2) is 26.9 Å². The van der Waals surface area contributed by atoms with E-state index in [4.69, 9.17) is 0 Å². The molecule has 0 atom stereocenters. The lowest BCUT2D eigenvalue weighted by Crippen LogP contribution is -2.32. The third kappa shape index (κ3) is 4.04. The second-order valence-electron chi connectivity index (χ2n) is 7.34. The van der Waals surface area contributed by atoms with Crippen molar-refractivity contribution in [2.45, 2.75) is 19.9 Å². The molecule has 0 aliphatic heterocycles. The molecular formula is C24H23N3O2S. The third-order valence-electron chi connectivity index (χ3n) is 5.22. The fraction of sp³-hybridized carbons (Fsp3) is 0.208. The SMILES string of the molecule is Cc1c(C(=O)N(CCc2ccccc2)Cc2ccccc2)sc2ncn(C)c(=O)c12. The summed E-state index contributed by atoms with van der Waals surface area (Å²) in [7, 11) is 1.68. The standard InChI is InChI=1S/C24H23N3O2S/c1-17-20-22(25-16-26(2)23(20)28)30-21(17)24(29)27(15-19-11-7-4-8-12-19)14-13-18-9-5-3-6-10-18/h3-12,16H,13-15H2,1-2H3. The van der Waals surface area contributed by atoms with Gasteiger partial charge in [0, 0.05) is 20.1 Å². The minimum absolute atomic E-state index is 0.0580. The van der Waals surface area contributed by atoms with E-state index in [0.717, 1.165) is 12.0 Å². The highest BCUT2D eigenvalue weighted by molar-refractivity contribution is 7.20. The fourth-order valence-electron chi connectivity index (χ4n) is 3.52. The van der Waals surface area contributed by atoms with Crippen molar-refractivity contribution in [3.05, 3.63) is 98.9 Å². The Labute approximate surface area is 179 Å². The van der Waals surface area contributed by atoms with E-state index in [1.165, 1.54) is 27.8 Å². The summed E-state index contributed by atoms with van der Waals surface area (Å²) in [6.07, 6.45) is 2.27. The average molecular weight is 418 g/mol. The maximum absolute atomic E-state index is 13.6. The summed E-state index contributed by atoms with van der Waals surface area (Å²) in [4.78, 5) is 33.5. The number of carbonyl (C=O) groups is 1. The summed E-state index contributed by atoms with van der Waals surface area (Å²) in [5.74, 6) is -0.0580. The van der Waals surface area contributed by atoms with E-state index in [1.807, 2.05) is 60.4 Å². The van der Waals surface area contributed by atoms with Crippen molar-refractivity contribution in [2.75, 3.05) is 6.54 Å². The van der Waals surface area contributed by atoms with Gasteiger partial charge in [0.15, 0.2) is 0 Å². The average Bonchev–Trinajstić information content (AvgIpc) is 3.11. The predicted molar refractivity (Wildman–Crippen MR) is 121 cm³/mol. The molecule has 0 unspecified atom stereocenters. The van der Waals surface area contributed by atoms with Crippen molar-refractivity contribution >= 4 is 27.5 Å². The van der Waals surface area contributed by atoms with Crippen LogP contribution in [0, 0.1) is 6.92 Å². The number of aromatic nitrogens is 2. The van der Waals surface area contributed by atoms with E-state index in [9.17, 15) is 9.59 Å². The van der Waals surface area contributed by atoms with E-state index >= 15 is 0 Å². The monoisotopic (exact) mass is 417 g/mol. The zero-order valence-corrected chi connectivity index (χ0v) is 17.9. The van der Waals surface area contributed by atoms with E-state index < -0.39 is 0 Å². The number of carbonyl (C=O) groups excluding carboxylic acids is 1. The molecule has 1 amide bonds. The lowest BCUT2D eigenvalue weighted by atomic mass is 10.1. The molecule has 0 bridgehead atoms. The van der Waals surface area contributed by atoms with Gasteiger partial charge in [-0.25, -0.2) is 4.98 Å². The molecule has 30 heavy (non-hydrogen) atoms. The molecule has 0 N–H and O–H groups in total. The smallest absolute Gasteiger partial charge is 0.264 e. The number of hydrogen-bond donors (Lipinski definition) is 0. The molecule has 0 aliphatic rings. The number of amides is 1. The number of nitrogens with zero attached hydrogens (tertiary/aromatic N) is 3. The minimum atomic E-state index is -0.119. The third-order valence-corrected chi connectivity index (χ3v) is 6.41. The van der Waals surface area contributed by atoms with Gasteiger partial charge in [-0.3, -0.25) is 9.59 Å². The topological polar surface area (TPSA) is 55.2 Å². The van der Waals surface area contributed by atoms with Gasteiger partial charge >= 0.3 is 0 Å². The van der Waals surface area contributed by atoms with Crippen LogP contribution in [0.3, 0.4) is 0 Å². The van der Waals surface area contributed by atoms with Crippen molar-refractivity contribution in [3.8, 4) is 0 Å². The Balaban J connectivity index is 1.68. The summed E-state index contributed by atoms with van der Waals surface area (Å²) in [5, 5.41) is 0.538. The summed E-state index contributed by atoms with van der Waals surface area (Å²) < 4.78 is 1.45. The molecular weight excluding hydrogens is 394 g/mol. The van der Waals surface area contributed by atoms with Crippen LogP contribution in [0.5, 0.6) is 0 Å². The molecule has 0 fully saturated rings. The molecule has 2 aromatic carbocycles. The van der Waals surface area contributed by atoms with Crippen molar-refractivity contribution in [1.82, 2.24) is 14.5 Å². The highest BCUT2D eigenvalue weighted by Crippen LogP contribution is 2.28. The molecule has 0 radical (unpaired) electrons. The van der Waals surface area contributed by atoms with Gasteiger partial charge in [0.05, 0.1) is 16.6 Å². The Morgan fingerprint density at radius 1 is 1.03 bits per heavy atom. The molecule has 2 heterocycles. The summed E-state index contributed by atoms with van der Waals surface area (Å²) >= 11 is 1.30. The first-order chi connectivity index (χ1) is 14.5. The maximum Gasteiger partial charge on any atom is 0.264 e. The van der Waals surface area contributed by atoms with Crippen LogP contribution >= 0.6 is 11.3 Å². The van der Waals surface area contributed by atoms with Crippen LogP contribution in [0.4, 0.5) is 0 Å². The van der Waals surface area contributed by atoms with Gasteiger partial charge in [0.25, 0.3) is 11.5 Å². The van der Waals surface area contributed by atoms with Crippen LogP contribution in [0.1, 0.15) is 26.4 Å². The minimum Gasteiger partial charge on any atom is -0.333 e. The predicted octanol–water partition coefficient (Wildman–Crippen LogP) is 4.19. The molecule has 2 aromatic heterocycles. The first kappa shape index (κ1) is 20.0. The van der Waals surface area contributed by atoms with E-state index in [0.29, 0.717) is 33.7 Å². The molecule has 0 saturated carbocycles. The Morgan fingerprint density at radius 3 is 2.33 bits per heavy atom. The van der Waals surface area contributed by atoms with E-state index in [-0.39, 0.29) is 11.5 Å². The van der Waals surface area contributed by atoms with Crippen LogP contribution < -0.4 is 5.56 Å². The van der Waals surface area contributed by atoms with Gasteiger partial charge in [0.1, 0.15) is 4.83 Å². The number of fused-ring (bicyclic) bond motifs is 1. The van der Waals surface area contributed by atoms with Crippen molar-refractivity contribution < 1.29 is 4.79 Å². The van der Waals surface area contributed by atoms with E-state index in [1.54, 1.807) is 7.05 Å². The Kier molecular flexibility index (Phi) is 5.77. The van der Waals surface area contributed by atoms with Crippen LogP contribution in [0.25, 0.3) is 10.2 Å². The van der Waals surface area contributed by atoms with Gasteiger partial charge in [0.2, 0.25) is 0 Å². The maximum atomic E-state index is 13.6. The zero-order valence-electron chi connectivity index (χ0n) is 17.0. The van der Waals surface area contributed by atoms with Gasteiger partial charge in [-0.05, 0) is 30.0 Å². The van der Waals surface area contributed by atoms with Gasteiger partial charge < -0.3 is 9.47 Å². The van der Waals surface area contributed by atoms with Crippen molar-refractivity contribution in [3.63, 3.8) is 0 Å². The largest absolute Gasteiger partial charge is 0.333 e. The number of rotatable bonds is 6. The molecule has 4 aromatic rings. The Hall–Kier alpha value is -3.25. The lowest BCUT2D eigenvalue weighted by molar-refractivity contribution is 0.0749. The molecule has 4 rings (SSSR count). The Morgan fingerprint density at radius 2 is 1.67 bits per heavy atom. The van der Waals surface area contributed by atoms with Crippen LogP contribution in [0.2, 0.25) is 0 Å². The van der Waals surface area contributed by atoms with Crippen LogP contribution in [0.15, 0.2) is 71.8 Å². The van der Waals surface area contributed by atoms with Gasteiger partial charge in [-0.1, -0.05) is 60.7 Å². The number of hydrogen-bond acceptors (Lipinski definition) is 4. The first-order valence-electron chi connectivity index (χ1n) is 9.86. The van der Waals surface area contributed by atoms with Crippen LogP contribution in [-0.2, 0) is 20.0 Å². The normalized spacial score (nSPS) is 11.0.